The minimum Gasteiger partial charge on any atom is -0.489 e. The van der Waals surface area contributed by atoms with Crippen LogP contribution < -0.4 is 15.4 Å². The minimum absolute atomic E-state index is 0. The molecule has 1 aromatic rings. The van der Waals surface area contributed by atoms with E-state index in [1.54, 1.807) is 18.3 Å². The Morgan fingerprint density at radius 1 is 1.38 bits per heavy atom. The van der Waals surface area contributed by atoms with Crippen LogP contribution in [0.2, 0.25) is 0 Å². The number of carbonyl (C=O) groups is 1. The van der Waals surface area contributed by atoms with Gasteiger partial charge in [0.2, 0.25) is 0 Å². The highest BCUT2D eigenvalue weighted by atomic mass is 35.5. The maximum absolute atomic E-state index is 12.2. The van der Waals surface area contributed by atoms with Crippen molar-refractivity contribution in [1.82, 2.24) is 20.5 Å². The Labute approximate surface area is 156 Å². The van der Waals surface area contributed by atoms with Gasteiger partial charge in [0.05, 0.1) is 6.10 Å². The predicted octanol–water partition coefficient (Wildman–Crippen LogP) is 1.74. The number of nitrogens with zero attached hydrogens (tertiary/aromatic N) is 2. The van der Waals surface area contributed by atoms with Crippen molar-refractivity contribution in [3.05, 3.63) is 24.0 Å². The van der Waals surface area contributed by atoms with E-state index in [9.17, 15) is 4.79 Å². The zero-order valence-corrected chi connectivity index (χ0v) is 15.9. The lowest BCUT2D eigenvalue weighted by Crippen LogP contribution is -2.44. The summed E-state index contributed by atoms with van der Waals surface area (Å²) in [6.07, 6.45) is 2.57. The third kappa shape index (κ3) is 7.66. The number of hydrogen-bond donors (Lipinski definition) is 2. The summed E-state index contributed by atoms with van der Waals surface area (Å²) >= 11 is 0. The zero-order chi connectivity index (χ0) is 15.8. The molecule has 0 unspecified atom stereocenters. The average molecular weight is 379 g/mol. The standard InChI is InChI=1S/C16H26N4O2.2ClH/c1-13(2)22-14-5-3-6-18-15(14)16(21)19-7-4-10-20-11-8-17-9-12-20;;/h3,5-6,13,17H,4,7-12H2,1-2H3,(H,19,21);2*1H. The summed E-state index contributed by atoms with van der Waals surface area (Å²) in [6.45, 7) is 9.80. The molecule has 0 saturated carbocycles. The van der Waals surface area contributed by atoms with Crippen LogP contribution in [-0.2, 0) is 0 Å². The average Bonchev–Trinajstić information content (AvgIpc) is 2.52. The summed E-state index contributed by atoms with van der Waals surface area (Å²) in [4.78, 5) is 18.8. The Kier molecular flexibility index (Phi) is 11.8. The molecule has 0 spiro atoms. The van der Waals surface area contributed by atoms with Gasteiger partial charge < -0.3 is 20.3 Å². The maximum atomic E-state index is 12.2. The number of nitrogens with one attached hydrogen (secondary N) is 2. The molecule has 1 fully saturated rings. The van der Waals surface area contributed by atoms with Gasteiger partial charge in [0, 0.05) is 38.9 Å². The van der Waals surface area contributed by atoms with E-state index in [4.69, 9.17) is 4.74 Å². The zero-order valence-electron chi connectivity index (χ0n) is 14.3. The molecule has 0 atom stereocenters. The van der Waals surface area contributed by atoms with E-state index in [1.165, 1.54) is 0 Å². The number of carbonyl (C=O) groups excluding carboxylic acids is 1. The molecular weight excluding hydrogens is 351 g/mol. The smallest absolute Gasteiger partial charge is 0.273 e. The molecule has 0 bridgehead atoms. The number of amides is 1. The van der Waals surface area contributed by atoms with Crippen molar-refractivity contribution in [2.45, 2.75) is 26.4 Å². The summed E-state index contributed by atoms with van der Waals surface area (Å²) in [7, 11) is 0. The molecular formula is C16H28Cl2N4O2. The van der Waals surface area contributed by atoms with Gasteiger partial charge in [-0.2, -0.15) is 0 Å². The second-order valence-corrected chi connectivity index (χ2v) is 5.72. The molecule has 1 amide bonds. The number of piperazine rings is 1. The first kappa shape index (κ1) is 22.9. The van der Waals surface area contributed by atoms with E-state index in [0.29, 0.717) is 18.0 Å². The van der Waals surface area contributed by atoms with E-state index in [-0.39, 0.29) is 36.8 Å². The van der Waals surface area contributed by atoms with Crippen LogP contribution in [0.15, 0.2) is 18.3 Å². The topological polar surface area (TPSA) is 66.5 Å². The van der Waals surface area contributed by atoms with Crippen molar-refractivity contribution >= 4 is 30.7 Å². The number of hydrogen-bond acceptors (Lipinski definition) is 5. The monoisotopic (exact) mass is 378 g/mol. The van der Waals surface area contributed by atoms with Crippen molar-refractivity contribution < 1.29 is 9.53 Å². The molecule has 1 aliphatic rings. The summed E-state index contributed by atoms with van der Waals surface area (Å²) < 4.78 is 5.63. The van der Waals surface area contributed by atoms with E-state index in [0.717, 1.165) is 39.1 Å². The quantitative estimate of drug-likeness (QED) is 0.707. The van der Waals surface area contributed by atoms with Gasteiger partial charge in [0.25, 0.3) is 5.91 Å². The van der Waals surface area contributed by atoms with Gasteiger partial charge >= 0.3 is 0 Å². The fraction of sp³-hybridized carbons (Fsp3) is 0.625. The second-order valence-electron chi connectivity index (χ2n) is 5.72. The van der Waals surface area contributed by atoms with Gasteiger partial charge in [-0.15, -0.1) is 24.8 Å². The van der Waals surface area contributed by atoms with Gasteiger partial charge in [-0.25, -0.2) is 4.98 Å². The van der Waals surface area contributed by atoms with Crippen LogP contribution in [-0.4, -0.2) is 61.2 Å². The molecule has 2 rings (SSSR count). The molecule has 8 heteroatoms. The first-order chi connectivity index (χ1) is 10.7. The lowest BCUT2D eigenvalue weighted by molar-refractivity contribution is 0.0939. The van der Waals surface area contributed by atoms with Crippen LogP contribution in [0, 0.1) is 0 Å². The van der Waals surface area contributed by atoms with Crippen LogP contribution >= 0.6 is 24.8 Å². The molecule has 2 heterocycles. The van der Waals surface area contributed by atoms with Crippen molar-refractivity contribution in [3.63, 3.8) is 0 Å². The third-order valence-electron chi connectivity index (χ3n) is 3.49. The number of aromatic nitrogens is 1. The van der Waals surface area contributed by atoms with Crippen molar-refractivity contribution in [2.75, 3.05) is 39.3 Å². The highest BCUT2D eigenvalue weighted by Crippen LogP contribution is 2.16. The molecule has 0 aromatic carbocycles. The fourth-order valence-corrected chi connectivity index (χ4v) is 2.43. The molecule has 0 aliphatic carbocycles. The third-order valence-corrected chi connectivity index (χ3v) is 3.49. The first-order valence-corrected chi connectivity index (χ1v) is 8.00. The lowest BCUT2D eigenvalue weighted by Gasteiger charge is -2.27. The summed E-state index contributed by atoms with van der Waals surface area (Å²) in [6, 6.07) is 3.56. The van der Waals surface area contributed by atoms with Crippen LogP contribution in [0.1, 0.15) is 30.8 Å². The SMILES string of the molecule is CC(C)Oc1cccnc1C(=O)NCCCN1CCNCC1.Cl.Cl. The Balaban J connectivity index is 0.00000264. The number of rotatable bonds is 7. The van der Waals surface area contributed by atoms with Crippen LogP contribution in [0.4, 0.5) is 0 Å². The normalized spacial score (nSPS) is 14.5. The Morgan fingerprint density at radius 2 is 2.08 bits per heavy atom. The summed E-state index contributed by atoms with van der Waals surface area (Å²) in [5.74, 6) is 0.369. The van der Waals surface area contributed by atoms with Crippen LogP contribution in [0.3, 0.4) is 0 Å². The molecule has 1 aromatic heterocycles. The molecule has 1 saturated heterocycles. The van der Waals surface area contributed by atoms with Gasteiger partial charge in [0.15, 0.2) is 11.4 Å². The van der Waals surface area contributed by atoms with E-state index in [1.807, 2.05) is 13.8 Å². The van der Waals surface area contributed by atoms with Gasteiger partial charge in [-0.1, -0.05) is 0 Å². The Hall–Kier alpha value is -1.08. The fourth-order valence-electron chi connectivity index (χ4n) is 2.43. The largest absolute Gasteiger partial charge is 0.489 e. The van der Waals surface area contributed by atoms with Gasteiger partial charge in [-0.3, -0.25) is 4.79 Å². The molecule has 24 heavy (non-hydrogen) atoms. The van der Waals surface area contributed by atoms with Crippen molar-refractivity contribution in [2.24, 2.45) is 0 Å². The summed E-state index contributed by atoms with van der Waals surface area (Å²) in [5.41, 5.74) is 0.360. The minimum atomic E-state index is -0.170. The Bertz CT molecular complexity index is 483. The number of ether oxygens (including phenoxy) is 1. The second kappa shape index (κ2) is 12.3. The van der Waals surface area contributed by atoms with Crippen LogP contribution in [0.25, 0.3) is 0 Å². The summed E-state index contributed by atoms with van der Waals surface area (Å²) in [5, 5.41) is 6.26. The molecule has 6 nitrogen and oxygen atoms in total. The maximum Gasteiger partial charge on any atom is 0.273 e. The van der Waals surface area contributed by atoms with Gasteiger partial charge in [0.1, 0.15) is 0 Å². The van der Waals surface area contributed by atoms with Crippen molar-refractivity contribution in [3.8, 4) is 5.75 Å². The lowest BCUT2D eigenvalue weighted by atomic mass is 10.3. The predicted molar refractivity (Wildman–Crippen MR) is 101 cm³/mol. The number of halogens is 2. The Morgan fingerprint density at radius 3 is 2.75 bits per heavy atom. The highest BCUT2D eigenvalue weighted by Gasteiger charge is 2.15. The first-order valence-electron chi connectivity index (χ1n) is 8.00. The van der Waals surface area contributed by atoms with Crippen molar-refractivity contribution in [1.29, 1.82) is 0 Å². The number of pyridine rings is 1. The van der Waals surface area contributed by atoms with Gasteiger partial charge in [-0.05, 0) is 38.9 Å². The molecule has 2 N–H and O–H groups in total. The van der Waals surface area contributed by atoms with E-state index >= 15 is 0 Å². The molecule has 0 radical (unpaired) electrons. The highest BCUT2D eigenvalue weighted by molar-refractivity contribution is 5.94. The van der Waals surface area contributed by atoms with E-state index < -0.39 is 0 Å². The molecule has 1 aliphatic heterocycles. The molecule has 138 valence electrons. The van der Waals surface area contributed by atoms with Crippen LogP contribution in [0.5, 0.6) is 5.75 Å². The van der Waals surface area contributed by atoms with E-state index in [2.05, 4.69) is 20.5 Å².